The summed E-state index contributed by atoms with van der Waals surface area (Å²) in [7, 11) is 4.33. The van der Waals surface area contributed by atoms with Gasteiger partial charge in [-0.25, -0.2) is 4.98 Å². The molecule has 8 heteroatoms. The zero-order valence-corrected chi connectivity index (χ0v) is 21.7. The molecule has 0 bridgehead atoms. The average molecular weight is 519 g/mol. The molecule has 2 unspecified atom stereocenters. The molecule has 0 radical (unpaired) electrons. The number of rotatable bonds is 6. The van der Waals surface area contributed by atoms with E-state index in [1.54, 1.807) is 0 Å². The lowest BCUT2D eigenvalue weighted by Gasteiger charge is -2.37. The Kier molecular flexibility index (Phi) is 6.80. The largest absolute Gasteiger partial charge is 0.381 e. The molecule has 3 saturated heterocycles. The van der Waals surface area contributed by atoms with E-state index in [0.717, 1.165) is 91.4 Å². The second-order valence-electron chi connectivity index (χ2n) is 10.2. The number of aryl methyl sites for hydroxylation is 1. The second kappa shape index (κ2) is 9.64. The van der Waals surface area contributed by atoms with Gasteiger partial charge in [0.1, 0.15) is 5.82 Å². The quantitative estimate of drug-likeness (QED) is 0.618. The van der Waals surface area contributed by atoms with E-state index in [0.29, 0.717) is 11.8 Å². The lowest BCUT2D eigenvalue weighted by molar-refractivity contribution is -0.0953. The first-order valence-corrected chi connectivity index (χ1v) is 13.1. The van der Waals surface area contributed by atoms with Crippen LogP contribution in [0.5, 0.6) is 0 Å². The highest BCUT2D eigenvalue weighted by Gasteiger charge is 2.45. The first-order chi connectivity index (χ1) is 15.9. The monoisotopic (exact) mass is 517 g/mol. The SMILES string of the molecule is Cc1cc(Br)cc2c(NCC3CCOC34CCOCC4)nc(N(C)CC3CCN(C)C3)nc12. The standard InChI is InChI=1S/C25H36BrN5O2/c1-17-12-20(26)13-21-22(17)28-24(31(3)16-18-4-8-30(2)15-18)29-23(21)27-14-19-5-9-33-25(19)6-10-32-11-7-25/h12-13,18-19H,4-11,14-16H2,1-3H3,(H,27,28,29). The number of likely N-dealkylation sites (tertiary alicyclic amines) is 1. The molecule has 5 rings (SSSR count). The van der Waals surface area contributed by atoms with E-state index >= 15 is 0 Å². The van der Waals surface area contributed by atoms with E-state index in [9.17, 15) is 0 Å². The fourth-order valence-corrected chi connectivity index (χ4v) is 6.43. The van der Waals surface area contributed by atoms with E-state index in [-0.39, 0.29) is 5.60 Å². The molecule has 0 saturated carbocycles. The van der Waals surface area contributed by atoms with Gasteiger partial charge in [0.2, 0.25) is 5.95 Å². The first kappa shape index (κ1) is 23.3. The van der Waals surface area contributed by atoms with Crippen LogP contribution in [0.4, 0.5) is 11.8 Å². The highest BCUT2D eigenvalue weighted by atomic mass is 79.9. The smallest absolute Gasteiger partial charge is 0.227 e. The number of aromatic nitrogens is 2. The van der Waals surface area contributed by atoms with Crippen molar-refractivity contribution in [2.24, 2.45) is 11.8 Å². The maximum Gasteiger partial charge on any atom is 0.227 e. The number of hydrogen-bond donors (Lipinski definition) is 1. The summed E-state index contributed by atoms with van der Waals surface area (Å²) in [5, 5.41) is 4.79. The van der Waals surface area contributed by atoms with Crippen LogP contribution in [0.1, 0.15) is 31.2 Å². The highest BCUT2D eigenvalue weighted by molar-refractivity contribution is 9.10. The lowest BCUT2D eigenvalue weighted by atomic mass is 9.81. The molecule has 1 aromatic heterocycles. The molecule has 3 fully saturated rings. The van der Waals surface area contributed by atoms with Crippen molar-refractivity contribution in [3.63, 3.8) is 0 Å². The molecule has 33 heavy (non-hydrogen) atoms. The van der Waals surface area contributed by atoms with Crippen LogP contribution in [0, 0.1) is 18.8 Å². The predicted octanol–water partition coefficient (Wildman–Crippen LogP) is 4.09. The molecule has 3 aliphatic rings. The highest BCUT2D eigenvalue weighted by Crippen LogP contribution is 2.40. The Hall–Kier alpha value is -1.48. The molecule has 1 spiro atoms. The molecule has 3 aliphatic heterocycles. The normalized spacial score (nSPS) is 25.2. The van der Waals surface area contributed by atoms with Crippen molar-refractivity contribution in [3.05, 3.63) is 22.2 Å². The van der Waals surface area contributed by atoms with Gasteiger partial charge in [-0.3, -0.25) is 0 Å². The van der Waals surface area contributed by atoms with Crippen LogP contribution < -0.4 is 10.2 Å². The molecule has 7 nitrogen and oxygen atoms in total. The van der Waals surface area contributed by atoms with Gasteiger partial charge in [0.25, 0.3) is 0 Å². The molecule has 180 valence electrons. The summed E-state index contributed by atoms with van der Waals surface area (Å²) in [5.41, 5.74) is 2.13. The van der Waals surface area contributed by atoms with E-state index in [1.165, 1.54) is 13.0 Å². The van der Waals surface area contributed by atoms with Crippen LogP contribution in [0.25, 0.3) is 10.9 Å². The third-order valence-corrected chi connectivity index (χ3v) is 8.22. The summed E-state index contributed by atoms with van der Waals surface area (Å²) in [5.74, 6) is 2.85. The summed E-state index contributed by atoms with van der Waals surface area (Å²) in [4.78, 5) is 14.7. The Morgan fingerprint density at radius 1 is 1.21 bits per heavy atom. The summed E-state index contributed by atoms with van der Waals surface area (Å²) in [6.45, 7) is 8.70. The van der Waals surface area contributed by atoms with Crippen molar-refractivity contribution in [2.45, 2.75) is 38.2 Å². The van der Waals surface area contributed by atoms with Crippen LogP contribution in [-0.2, 0) is 9.47 Å². The predicted molar refractivity (Wildman–Crippen MR) is 136 cm³/mol. The maximum atomic E-state index is 6.28. The fraction of sp³-hybridized carbons (Fsp3) is 0.680. The Morgan fingerprint density at radius 2 is 2.03 bits per heavy atom. The number of benzene rings is 1. The minimum absolute atomic E-state index is 0.0430. The van der Waals surface area contributed by atoms with Gasteiger partial charge in [-0.05, 0) is 57.0 Å². The van der Waals surface area contributed by atoms with Crippen molar-refractivity contribution >= 4 is 38.6 Å². The number of fused-ring (bicyclic) bond motifs is 1. The van der Waals surface area contributed by atoms with E-state index in [2.05, 4.69) is 64.2 Å². The molecule has 2 aromatic rings. The summed E-state index contributed by atoms with van der Waals surface area (Å²) in [6.07, 6.45) is 4.29. The molecule has 4 heterocycles. The minimum Gasteiger partial charge on any atom is -0.381 e. The van der Waals surface area contributed by atoms with Crippen LogP contribution in [0.15, 0.2) is 16.6 Å². The van der Waals surface area contributed by atoms with Gasteiger partial charge in [0.15, 0.2) is 0 Å². The van der Waals surface area contributed by atoms with E-state index in [4.69, 9.17) is 19.4 Å². The van der Waals surface area contributed by atoms with Crippen LogP contribution in [0.3, 0.4) is 0 Å². The molecule has 0 amide bonds. The summed E-state index contributed by atoms with van der Waals surface area (Å²) in [6, 6.07) is 4.27. The molecule has 1 aromatic carbocycles. The van der Waals surface area contributed by atoms with Crippen LogP contribution in [-0.4, -0.2) is 80.6 Å². The molecule has 1 N–H and O–H groups in total. The van der Waals surface area contributed by atoms with Crippen molar-refractivity contribution in [1.82, 2.24) is 14.9 Å². The Labute approximate surface area is 205 Å². The number of nitrogens with zero attached hydrogens (tertiary/aromatic N) is 4. The van der Waals surface area contributed by atoms with Gasteiger partial charge in [0, 0.05) is 75.1 Å². The average Bonchev–Trinajstić information content (AvgIpc) is 3.38. The Morgan fingerprint density at radius 3 is 2.79 bits per heavy atom. The zero-order chi connectivity index (χ0) is 23.0. The molecule has 0 aliphatic carbocycles. The molecular formula is C25H36BrN5O2. The molecule has 2 atom stereocenters. The third-order valence-electron chi connectivity index (χ3n) is 7.76. The van der Waals surface area contributed by atoms with E-state index in [1.807, 2.05) is 0 Å². The van der Waals surface area contributed by atoms with Gasteiger partial charge in [-0.15, -0.1) is 0 Å². The first-order valence-electron chi connectivity index (χ1n) is 12.3. The number of ether oxygens (including phenoxy) is 2. The van der Waals surface area contributed by atoms with Crippen molar-refractivity contribution in [1.29, 1.82) is 0 Å². The third kappa shape index (κ3) is 4.85. The number of anilines is 2. The maximum absolute atomic E-state index is 6.28. The Balaban J connectivity index is 1.41. The van der Waals surface area contributed by atoms with Crippen molar-refractivity contribution in [2.75, 3.05) is 70.3 Å². The number of hydrogen-bond acceptors (Lipinski definition) is 7. The number of halogens is 1. The Bertz CT molecular complexity index is 996. The zero-order valence-electron chi connectivity index (χ0n) is 20.1. The topological polar surface area (TPSA) is 62.8 Å². The second-order valence-corrected chi connectivity index (χ2v) is 11.1. The minimum atomic E-state index is -0.0430. The lowest BCUT2D eigenvalue weighted by Crippen LogP contribution is -2.43. The molecular weight excluding hydrogens is 482 g/mol. The van der Waals surface area contributed by atoms with Gasteiger partial charge >= 0.3 is 0 Å². The van der Waals surface area contributed by atoms with Gasteiger partial charge in [0.05, 0.1) is 11.1 Å². The number of nitrogens with one attached hydrogen (secondary N) is 1. The van der Waals surface area contributed by atoms with Crippen LogP contribution in [0.2, 0.25) is 0 Å². The van der Waals surface area contributed by atoms with Gasteiger partial charge < -0.3 is 24.6 Å². The van der Waals surface area contributed by atoms with Crippen LogP contribution >= 0.6 is 15.9 Å². The summed E-state index contributed by atoms with van der Waals surface area (Å²) >= 11 is 3.67. The van der Waals surface area contributed by atoms with E-state index < -0.39 is 0 Å². The summed E-state index contributed by atoms with van der Waals surface area (Å²) < 4.78 is 13.0. The van der Waals surface area contributed by atoms with Gasteiger partial charge in [-0.1, -0.05) is 15.9 Å². The van der Waals surface area contributed by atoms with Crippen molar-refractivity contribution < 1.29 is 9.47 Å². The van der Waals surface area contributed by atoms with Gasteiger partial charge in [-0.2, -0.15) is 4.98 Å². The van der Waals surface area contributed by atoms with Crippen molar-refractivity contribution in [3.8, 4) is 0 Å². The fourth-order valence-electron chi connectivity index (χ4n) is 5.86.